The van der Waals surface area contributed by atoms with Crippen LogP contribution in [0.1, 0.15) is 22.8 Å². The molecule has 0 radical (unpaired) electrons. The summed E-state index contributed by atoms with van der Waals surface area (Å²) in [5.74, 6) is -1.19. The van der Waals surface area contributed by atoms with E-state index in [2.05, 4.69) is 34.8 Å². The fourth-order valence-corrected chi connectivity index (χ4v) is 2.31. The first-order chi connectivity index (χ1) is 11.1. The number of hydrazone groups is 1. The van der Waals surface area contributed by atoms with E-state index in [1.807, 2.05) is 25.1 Å². The predicted molar refractivity (Wildman–Crippen MR) is 90.6 cm³/mol. The van der Waals surface area contributed by atoms with Crippen molar-refractivity contribution in [2.75, 3.05) is 5.43 Å². The van der Waals surface area contributed by atoms with Gasteiger partial charge in [-0.25, -0.2) is 0 Å². The van der Waals surface area contributed by atoms with Crippen LogP contribution in [0.3, 0.4) is 0 Å². The van der Waals surface area contributed by atoms with Crippen molar-refractivity contribution >= 4 is 28.1 Å². The molecule has 0 saturated carbocycles. The number of carbonyl (C=O) groups is 1. The highest BCUT2D eigenvalue weighted by atomic mass is 16.4. The lowest BCUT2D eigenvalue weighted by atomic mass is 10.0. The number of anilines is 1. The molecule has 3 aromatic rings. The van der Waals surface area contributed by atoms with Crippen molar-refractivity contribution in [2.24, 2.45) is 5.10 Å². The number of fused-ring (bicyclic) bond motifs is 1. The second-order valence-electron chi connectivity index (χ2n) is 5.24. The van der Waals surface area contributed by atoms with Gasteiger partial charge in [0.05, 0.1) is 17.4 Å². The zero-order valence-electron chi connectivity index (χ0n) is 12.6. The van der Waals surface area contributed by atoms with Crippen LogP contribution in [0.2, 0.25) is 0 Å². The third-order valence-electron chi connectivity index (χ3n) is 3.64. The van der Waals surface area contributed by atoms with E-state index in [0.29, 0.717) is 0 Å². The van der Waals surface area contributed by atoms with Gasteiger partial charge in [0, 0.05) is 0 Å². The van der Waals surface area contributed by atoms with Gasteiger partial charge in [0.25, 0.3) is 0 Å². The van der Waals surface area contributed by atoms with E-state index >= 15 is 0 Å². The summed E-state index contributed by atoms with van der Waals surface area (Å²) in [5.41, 5.74) is 5.67. The lowest BCUT2D eigenvalue weighted by Gasteiger charge is -2.06. The Balaban J connectivity index is 1.79. The summed E-state index contributed by atoms with van der Waals surface area (Å²) in [6.45, 7) is 1.92. The molecule has 3 rings (SSSR count). The van der Waals surface area contributed by atoms with Gasteiger partial charge in [-0.3, -0.25) is 5.43 Å². The Kier molecular flexibility index (Phi) is 4.06. The third-order valence-corrected chi connectivity index (χ3v) is 3.64. The molecular weight excluding hydrogens is 288 g/mol. The average molecular weight is 303 g/mol. The third kappa shape index (κ3) is 3.37. The topological polar surface area (TPSA) is 64.5 Å². The van der Waals surface area contributed by atoms with E-state index in [9.17, 15) is 9.90 Å². The molecule has 0 saturated heterocycles. The van der Waals surface area contributed by atoms with Crippen LogP contribution in [-0.4, -0.2) is 11.7 Å². The van der Waals surface area contributed by atoms with E-state index in [1.54, 1.807) is 12.1 Å². The standard InChI is InChI=1S/C19H16N2O2/c1-13(16-7-6-14-4-2-3-5-17(14)12-16)20-21-18-10-8-15(9-11-18)19(22)23/h2-12,21H,1H3,(H,22,23)/p-1/b20-13-. The molecule has 4 nitrogen and oxygen atoms in total. The Morgan fingerprint density at radius 2 is 1.57 bits per heavy atom. The maximum absolute atomic E-state index is 10.7. The molecule has 4 heteroatoms. The zero-order chi connectivity index (χ0) is 16.2. The Morgan fingerprint density at radius 1 is 0.913 bits per heavy atom. The summed E-state index contributed by atoms with van der Waals surface area (Å²) in [6, 6.07) is 20.6. The van der Waals surface area contributed by atoms with E-state index in [-0.39, 0.29) is 5.56 Å². The first kappa shape index (κ1) is 14.8. The number of aromatic carboxylic acids is 1. The average Bonchev–Trinajstić information content (AvgIpc) is 2.59. The highest BCUT2D eigenvalue weighted by Crippen LogP contribution is 2.16. The van der Waals surface area contributed by atoms with Crippen molar-refractivity contribution in [3.05, 3.63) is 77.9 Å². The lowest BCUT2D eigenvalue weighted by molar-refractivity contribution is -0.255. The van der Waals surface area contributed by atoms with Crippen LogP contribution in [-0.2, 0) is 0 Å². The number of hydrogen-bond donors (Lipinski definition) is 1. The van der Waals surface area contributed by atoms with Crippen molar-refractivity contribution in [2.45, 2.75) is 6.92 Å². The molecule has 0 atom stereocenters. The van der Waals surface area contributed by atoms with E-state index in [1.165, 1.54) is 17.5 Å². The van der Waals surface area contributed by atoms with Gasteiger partial charge < -0.3 is 9.90 Å². The molecule has 0 heterocycles. The second kappa shape index (κ2) is 6.32. The van der Waals surface area contributed by atoms with Crippen LogP contribution in [0, 0.1) is 0 Å². The molecule has 0 spiro atoms. The highest BCUT2D eigenvalue weighted by molar-refractivity contribution is 6.02. The summed E-state index contributed by atoms with van der Waals surface area (Å²) < 4.78 is 0. The molecule has 0 bridgehead atoms. The van der Waals surface area contributed by atoms with Crippen molar-refractivity contribution < 1.29 is 9.90 Å². The van der Waals surface area contributed by atoms with Crippen LogP contribution < -0.4 is 10.5 Å². The maximum atomic E-state index is 10.7. The summed E-state index contributed by atoms with van der Waals surface area (Å²) in [6.07, 6.45) is 0. The molecule has 0 unspecified atom stereocenters. The molecule has 0 aromatic heterocycles. The Hall–Kier alpha value is -3.14. The Morgan fingerprint density at radius 3 is 2.26 bits per heavy atom. The van der Waals surface area contributed by atoms with Crippen LogP contribution in [0.4, 0.5) is 5.69 Å². The SMILES string of the molecule is C/C(=N/Nc1ccc(C(=O)[O-])cc1)c1ccc2ccccc2c1. The largest absolute Gasteiger partial charge is 0.545 e. The summed E-state index contributed by atoms with van der Waals surface area (Å²) in [7, 11) is 0. The number of nitrogens with one attached hydrogen (secondary N) is 1. The van der Waals surface area contributed by atoms with Gasteiger partial charge in [-0.05, 0) is 47.0 Å². The molecule has 114 valence electrons. The van der Waals surface area contributed by atoms with Gasteiger partial charge in [-0.1, -0.05) is 48.5 Å². The number of carbonyl (C=O) groups excluding carboxylic acids is 1. The monoisotopic (exact) mass is 303 g/mol. The van der Waals surface area contributed by atoms with Crippen LogP contribution in [0.5, 0.6) is 0 Å². The molecule has 0 amide bonds. The van der Waals surface area contributed by atoms with Gasteiger partial charge in [0.15, 0.2) is 0 Å². The fraction of sp³-hybridized carbons (Fsp3) is 0.0526. The van der Waals surface area contributed by atoms with E-state index in [0.717, 1.165) is 22.3 Å². The minimum atomic E-state index is -1.19. The fourth-order valence-electron chi connectivity index (χ4n) is 2.31. The number of nitrogens with zero attached hydrogens (tertiary/aromatic N) is 1. The van der Waals surface area contributed by atoms with E-state index < -0.39 is 5.97 Å². The number of hydrogen-bond acceptors (Lipinski definition) is 4. The van der Waals surface area contributed by atoms with Gasteiger partial charge in [-0.2, -0.15) is 5.10 Å². The lowest BCUT2D eigenvalue weighted by Crippen LogP contribution is -2.21. The normalized spacial score (nSPS) is 11.4. The van der Waals surface area contributed by atoms with Crippen molar-refractivity contribution in [3.8, 4) is 0 Å². The predicted octanol–water partition coefficient (Wildman–Crippen LogP) is 3.04. The summed E-state index contributed by atoms with van der Waals surface area (Å²) >= 11 is 0. The van der Waals surface area contributed by atoms with Gasteiger partial charge in [-0.15, -0.1) is 0 Å². The Labute approximate surface area is 134 Å². The highest BCUT2D eigenvalue weighted by Gasteiger charge is 2.00. The molecule has 0 aliphatic heterocycles. The zero-order valence-corrected chi connectivity index (χ0v) is 12.6. The number of rotatable bonds is 4. The molecular formula is C19H15N2O2-. The first-order valence-electron chi connectivity index (χ1n) is 7.24. The summed E-state index contributed by atoms with van der Waals surface area (Å²) in [4.78, 5) is 10.7. The van der Waals surface area contributed by atoms with Crippen molar-refractivity contribution in [3.63, 3.8) is 0 Å². The molecule has 0 fully saturated rings. The first-order valence-corrected chi connectivity index (χ1v) is 7.24. The van der Waals surface area contributed by atoms with Crippen LogP contribution >= 0.6 is 0 Å². The minimum Gasteiger partial charge on any atom is -0.545 e. The van der Waals surface area contributed by atoms with Gasteiger partial charge in [0.2, 0.25) is 0 Å². The molecule has 1 N–H and O–H groups in total. The maximum Gasteiger partial charge on any atom is 0.0715 e. The van der Waals surface area contributed by atoms with E-state index in [4.69, 9.17) is 0 Å². The quantitative estimate of drug-likeness (QED) is 0.595. The van der Waals surface area contributed by atoms with Crippen LogP contribution in [0.15, 0.2) is 71.8 Å². The van der Waals surface area contributed by atoms with Gasteiger partial charge in [0.1, 0.15) is 0 Å². The molecule has 3 aromatic carbocycles. The Bertz CT molecular complexity index is 883. The molecule has 0 aliphatic carbocycles. The number of benzene rings is 3. The minimum absolute atomic E-state index is 0.144. The number of carboxylic acid groups (broad SMARTS) is 1. The summed E-state index contributed by atoms with van der Waals surface area (Å²) in [5, 5.41) is 17.4. The second-order valence-corrected chi connectivity index (χ2v) is 5.24. The van der Waals surface area contributed by atoms with Crippen molar-refractivity contribution in [1.82, 2.24) is 0 Å². The smallest absolute Gasteiger partial charge is 0.0715 e. The van der Waals surface area contributed by atoms with Gasteiger partial charge >= 0.3 is 0 Å². The van der Waals surface area contributed by atoms with Crippen LogP contribution in [0.25, 0.3) is 10.8 Å². The number of carboxylic acids is 1. The molecule has 0 aliphatic rings. The van der Waals surface area contributed by atoms with Crippen molar-refractivity contribution in [1.29, 1.82) is 0 Å². The molecule has 23 heavy (non-hydrogen) atoms.